The number of amides is 1. The Balaban J connectivity index is 2.55. The van der Waals surface area contributed by atoms with E-state index in [0.29, 0.717) is 11.6 Å². The van der Waals surface area contributed by atoms with Crippen molar-refractivity contribution in [3.8, 4) is 0 Å². The maximum atomic E-state index is 11.7. The van der Waals surface area contributed by atoms with E-state index in [1.54, 1.807) is 17.0 Å². The molecular formula is C10H11ClN2O. The molecule has 4 heteroatoms. The van der Waals surface area contributed by atoms with Gasteiger partial charge in [-0.25, -0.2) is 0 Å². The third-order valence-corrected chi connectivity index (χ3v) is 2.70. The highest BCUT2D eigenvalue weighted by atomic mass is 35.5. The monoisotopic (exact) mass is 210 g/mol. The first-order valence-corrected chi connectivity index (χ1v) is 4.89. The van der Waals surface area contributed by atoms with Gasteiger partial charge in [-0.05, 0) is 25.1 Å². The van der Waals surface area contributed by atoms with Gasteiger partial charge in [-0.1, -0.05) is 11.6 Å². The number of benzene rings is 1. The van der Waals surface area contributed by atoms with Gasteiger partial charge in [0.25, 0.3) is 0 Å². The average Bonchev–Trinajstić information content (AvgIpc) is 2.41. The van der Waals surface area contributed by atoms with E-state index in [-0.39, 0.29) is 5.91 Å². The van der Waals surface area contributed by atoms with Crippen LogP contribution in [0.4, 0.5) is 5.69 Å². The van der Waals surface area contributed by atoms with Gasteiger partial charge in [-0.2, -0.15) is 0 Å². The van der Waals surface area contributed by atoms with Crippen molar-refractivity contribution in [1.82, 2.24) is 0 Å². The molecule has 1 aliphatic rings. The summed E-state index contributed by atoms with van der Waals surface area (Å²) in [5, 5.41) is 0.616. The van der Waals surface area contributed by atoms with Crippen molar-refractivity contribution in [1.29, 1.82) is 0 Å². The van der Waals surface area contributed by atoms with Crippen LogP contribution in [0.2, 0.25) is 5.02 Å². The van der Waals surface area contributed by atoms with Crippen LogP contribution in [0.5, 0.6) is 0 Å². The molecule has 14 heavy (non-hydrogen) atoms. The number of nitrogens with two attached hydrogens (primary N) is 1. The van der Waals surface area contributed by atoms with E-state index in [4.69, 9.17) is 17.3 Å². The molecular weight excluding hydrogens is 200 g/mol. The van der Waals surface area contributed by atoms with Crippen LogP contribution < -0.4 is 10.6 Å². The summed E-state index contributed by atoms with van der Waals surface area (Å²) in [4.78, 5) is 13.3. The number of likely N-dealkylation sites (N-methyl/N-ethyl adjacent to an activating group) is 1. The third-order valence-electron chi connectivity index (χ3n) is 2.46. The van der Waals surface area contributed by atoms with Gasteiger partial charge in [-0.15, -0.1) is 0 Å². The Morgan fingerprint density at radius 1 is 1.57 bits per heavy atom. The number of hydrogen-bond acceptors (Lipinski definition) is 2. The van der Waals surface area contributed by atoms with Crippen molar-refractivity contribution < 1.29 is 4.79 Å². The van der Waals surface area contributed by atoms with Crippen molar-refractivity contribution in [2.24, 2.45) is 5.73 Å². The molecule has 1 aromatic carbocycles. The van der Waals surface area contributed by atoms with Crippen LogP contribution >= 0.6 is 11.6 Å². The second-order valence-corrected chi connectivity index (χ2v) is 3.70. The minimum atomic E-state index is -0.552. The number of rotatable bonds is 1. The first kappa shape index (κ1) is 9.49. The Kier molecular flexibility index (Phi) is 2.21. The molecule has 2 rings (SSSR count). The summed E-state index contributed by atoms with van der Waals surface area (Å²) in [6, 6.07) is 4.82. The standard InChI is InChI=1S/C10H11ClN2O/c1-2-13-8-4-3-6(11)5-7(8)9(12)10(13)14/h3-5,9H,2,12H2,1H3/t9-/m0/s1. The lowest BCUT2D eigenvalue weighted by atomic mass is 10.1. The lowest BCUT2D eigenvalue weighted by molar-refractivity contribution is -0.119. The summed E-state index contributed by atoms with van der Waals surface area (Å²) in [5.41, 5.74) is 7.48. The van der Waals surface area contributed by atoms with E-state index < -0.39 is 6.04 Å². The molecule has 2 N–H and O–H groups in total. The Morgan fingerprint density at radius 2 is 2.29 bits per heavy atom. The predicted molar refractivity (Wildman–Crippen MR) is 56.4 cm³/mol. The molecule has 0 spiro atoms. The second-order valence-electron chi connectivity index (χ2n) is 3.26. The van der Waals surface area contributed by atoms with E-state index in [0.717, 1.165) is 11.3 Å². The molecule has 74 valence electrons. The minimum Gasteiger partial charge on any atom is -0.316 e. The number of nitrogens with zero attached hydrogens (tertiary/aromatic N) is 1. The number of halogens is 1. The van der Waals surface area contributed by atoms with Gasteiger partial charge in [0.15, 0.2) is 0 Å². The Hall–Kier alpha value is -1.06. The second kappa shape index (κ2) is 3.26. The minimum absolute atomic E-state index is 0.0511. The molecule has 3 nitrogen and oxygen atoms in total. The van der Waals surface area contributed by atoms with Crippen LogP contribution in [0.15, 0.2) is 18.2 Å². The molecule has 1 heterocycles. The molecule has 0 aliphatic carbocycles. The van der Waals surface area contributed by atoms with Gasteiger partial charge in [0.1, 0.15) is 6.04 Å². The van der Waals surface area contributed by atoms with Crippen LogP contribution in [0.1, 0.15) is 18.5 Å². The molecule has 0 radical (unpaired) electrons. The fourth-order valence-corrected chi connectivity index (χ4v) is 1.95. The fourth-order valence-electron chi connectivity index (χ4n) is 1.77. The van der Waals surface area contributed by atoms with E-state index in [1.807, 2.05) is 13.0 Å². The topological polar surface area (TPSA) is 46.3 Å². The van der Waals surface area contributed by atoms with E-state index in [2.05, 4.69) is 0 Å². The quantitative estimate of drug-likeness (QED) is 0.767. The molecule has 1 aliphatic heterocycles. The zero-order valence-corrected chi connectivity index (χ0v) is 8.58. The van der Waals surface area contributed by atoms with Crippen molar-refractivity contribution >= 4 is 23.2 Å². The number of fused-ring (bicyclic) bond motifs is 1. The van der Waals surface area contributed by atoms with Gasteiger partial charge >= 0.3 is 0 Å². The zero-order valence-electron chi connectivity index (χ0n) is 7.83. The first-order chi connectivity index (χ1) is 6.65. The van der Waals surface area contributed by atoms with Gasteiger partial charge < -0.3 is 10.6 Å². The fraction of sp³-hybridized carbons (Fsp3) is 0.300. The molecule has 0 bridgehead atoms. The largest absolute Gasteiger partial charge is 0.316 e. The maximum Gasteiger partial charge on any atom is 0.248 e. The highest BCUT2D eigenvalue weighted by molar-refractivity contribution is 6.31. The number of carbonyl (C=O) groups excluding carboxylic acids is 1. The number of anilines is 1. The molecule has 0 saturated heterocycles. The summed E-state index contributed by atoms with van der Waals surface area (Å²) in [7, 11) is 0. The Bertz CT molecular complexity index is 392. The van der Waals surface area contributed by atoms with Crippen molar-refractivity contribution in [2.45, 2.75) is 13.0 Å². The maximum absolute atomic E-state index is 11.7. The zero-order chi connectivity index (χ0) is 10.3. The molecule has 1 amide bonds. The molecule has 1 atom stereocenters. The lowest BCUT2D eigenvalue weighted by Crippen LogP contribution is -2.31. The first-order valence-electron chi connectivity index (χ1n) is 4.51. The summed E-state index contributed by atoms with van der Waals surface area (Å²) in [5.74, 6) is -0.0511. The van der Waals surface area contributed by atoms with Crippen LogP contribution in [0, 0.1) is 0 Å². The molecule has 0 aromatic heterocycles. The molecule has 0 saturated carbocycles. The van der Waals surface area contributed by atoms with Crippen LogP contribution in [0.3, 0.4) is 0 Å². The van der Waals surface area contributed by atoms with E-state index >= 15 is 0 Å². The summed E-state index contributed by atoms with van der Waals surface area (Å²) >= 11 is 5.84. The average molecular weight is 211 g/mol. The smallest absolute Gasteiger partial charge is 0.248 e. The highest BCUT2D eigenvalue weighted by Crippen LogP contribution is 2.35. The molecule has 0 unspecified atom stereocenters. The van der Waals surface area contributed by atoms with Gasteiger partial charge in [0.05, 0.1) is 0 Å². The normalized spacial score (nSPS) is 20.1. The highest BCUT2D eigenvalue weighted by Gasteiger charge is 2.33. The Labute approximate surface area is 87.4 Å². The van der Waals surface area contributed by atoms with Crippen LogP contribution in [0.25, 0.3) is 0 Å². The summed E-state index contributed by atoms with van der Waals surface area (Å²) < 4.78 is 0. The lowest BCUT2D eigenvalue weighted by Gasteiger charge is -2.14. The van der Waals surface area contributed by atoms with Gasteiger partial charge in [0.2, 0.25) is 5.91 Å². The number of carbonyl (C=O) groups is 1. The van der Waals surface area contributed by atoms with Crippen LogP contribution in [-0.2, 0) is 4.79 Å². The van der Waals surface area contributed by atoms with Crippen molar-refractivity contribution in [3.63, 3.8) is 0 Å². The van der Waals surface area contributed by atoms with Crippen molar-refractivity contribution in [2.75, 3.05) is 11.4 Å². The summed E-state index contributed by atoms with van der Waals surface area (Å²) in [6.45, 7) is 2.56. The third kappa shape index (κ3) is 1.21. The summed E-state index contributed by atoms with van der Waals surface area (Å²) in [6.07, 6.45) is 0. The van der Waals surface area contributed by atoms with E-state index in [1.165, 1.54) is 0 Å². The number of hydrogen-bond donors (Lipinski definition) is 1. The van der Waals surface area contributed by atoms with E-state index in [9.17, 15) is 4.79 Å². The van der Waals surface area contributed by atoms with Crippen molar-refractivity contribution in [3.05, 3.63) is 28.8 Å². The van der Waals surface area contributed by atoms with Crippen LogP contribution in [-0.4, -0.2) is 12.5 Å². The Morgan fingerprint density at radius 3 is 2.93 bits per heavy atom. The SMILES string of the molecule is CCN1C(=O)[C@@H](N)c2cc(Cl)ccc21. The molecule has 1 aromatic rings. The predicted octanol–water partition coefficient (Wildman–Crippen LogP) is 1.71. The van der Waals surface area contributed by atoms with Gasteiger partial charge in [0, 0.05) is 22.8 Å². The van der Waals surface area contributed by atoms with Gasteiger partial charge in [-0.3, -0.25) is 4.79 Å². The molecule has 0 fully saturated rings.